The van der Waals surface area contributed by atoms with Crippen LogP contribution in [0.4, 0.5) is 0 Å². The van der Waals surface area contributed by atoms with Gasteiger partial charge in [-0.25, -0.2) is 9.98 Å². The van der Waals surface area contributed by atoms with Crippen LogP contribution in [0.3, 0.4) is 0 Å². The van der Waals surface area contributed by atoms with Gasteiger partial charge < -0.3 is 14.3 Å². The highest BCUT2D eigenvalue weighted by Gasteiger charge is 2.22. The molecule has 0 radical (unpaired) electrons. The molecule has 0 fully saturated rings. The number of fused-ring (bicyclic) bond motifs is 5. The summed E-state index contributed by atoms with van der Waals surface area (Å²) in [5.74, 6) is 1.46. The third kappa shape index (κ3) is 5.19. The van der Waals surface area contributed by atoms with Crippen molar-refractivity contribution < 1.29 is 4.42 Å². The van der Waals surface area contributed by atoms with E-state index in [0.717, 1.165) is 66.8 Å². The lowest BCUT2D eigenvalue weighted by atomic mass is 9.97. The molecule has 0 amide bonds. The zero-order chi connectivity index (χ0) is 34.4. The molecule has 10 rings (SSSR count). The Morgan fingerprint density at radius 1 is 0.519 bits per heavy atom. The van der Waals surface area contributed by atoms with Gasteiger partial charge in [0.05, 0.1) is 28.2 Å². The minimum absolute atomic E-state index is 0.0466. The van der Waals surface area contributed by atoms with Crippen molar-refractivity contribution in [3.63, 3.8) is 0 Å². The van der Waals surface area contributed by atoms with Crippen molar-refractivity contribution in [2.75, 3.05) is 0 Å². The van der Waals surface area contributed by atoms with E-state index >= 15 is 0 Å². The topological polar surface area (TPSA) is 55.4 Å². The Balaban J connectivity index is 1.03. The number of nitrogens with zero attached hydrogens (tertiary/aromatic N) is 3. The first-order chi connectivity index (χ1) is 25.8. The molecule has 3 heterocycles. The summed E-state index contributed by atoms with van der Waals surface area (Å²) in [5, 5.41) is 5.93. The standard InChI is InChI=1S/C47H32N4O/c1-4-12-31(13-5-1)32-20-22-34(23-21-32)41-30-40(33-14-6-2-7-15-33)48-46(49-41)35-24-26-37(27-25-35)51-42-19-11-10-18-38(42)44-43(51)29-28-39-45(44)52-47(50-39)36-16-8-3-9-17-36/h1-30,41H,(H,48,49). The molecule has 5 nitrogen and oxygen atoms in total. The summed E-state index contributed by atoms with van der Waals surface area (Å²) in [5.41, 5.74) is 12.5. The second-order valence-electron chi connectivity index (χ2n) is 13.1. The molecule has 9 aromatic rings. The third-order valence-electron chi connectivity index (χ3n) is 9.91. The van der Waals surface area contributed by atoms with Gasteiger partial charge in [-0.1, -0.05) is 121 Å². The van der Waals surface area contributed by atoms with E-state index in [1.165, 1.54) is 16.7 Å². The van der Waals surface area contributed by atoms with E-state index in [4.69, 9.17) is 14.4 Å². The number of amidine groups is 1. The SMILES string of the molecule is C1=C(c2ccccc2)N=C(c2ccc(-n3c4ccccc4c4c5oc(-c6ccccc6)nc5ccc43)cc2)NC1c1ccc(-c2ccccc2)cc1. The maximum atomic E-state index is 6.49. The highest BCUT2D eigenvalue weighted by Crippen LogP contribution is 2.38. The summed E-state index contributed by atoms with van der Waals surface area (Å²) in [6.45, 7) is 0. The number of para-hydroxylation sites is 1. The Morgan fingerprint density at radius 3 is 1.87 bits per heavy atom. The number of hydrogen-bond acceptors (Lipinski definition) is 4. The fraction of sp³-hybridized carbons (Fsp3) is 0.0213. The van der Waals surface area contributed by atoms with Gasteiger partial charge in [-0.05, 0) is 82.9 Å². The van der Waals surface area contributed by atoms with Crippen LogP contribution in [-0.4, -0.2) is 15.4 Å². The lowest BCUT2D eigenvalue weighted by Gasteiger charge is -2.25. The first kappa shape index (κ1) is 29.9. The molecule has 1 aliphatic heterocycles. The van der Waals surface area contributed by atoms with Crippen LogP contribution in [0.2, 0.25) is 0 Å². The van der Waals surface area contributed by atoms with E-state index in [1.54, 1.807) is 0 Å². The normalized spacial score (nSPS) is 14.3. The Morgan fingerprint density at radius 2 is 1.13 bits per heavy atom. The number of benzene rings is 7. The lowest BCUT2D eigenvalue weighted by molar-refractivity contribution is 0.623. The minimum atomic E-state index is -0.0466. The van der Waals surface area contributed by atoms with Crippen molar-refractivity contribution in [3.05, 3.63) is 199 Å². The first-order valence-electron chi connectivity index (χ1n) is 17.5. The number of aromatic nitrogens is 2. The van der Waals surface area contributed by atoms with Crippen LogP contribution in [0.25, 0.3) is 66.9 Å². The number of aliphatic imine (C=N–C) groups is 1. The summed E-state index contributed by atoms with van der Waals surface area (Å²) in [6, 6.07) is 61.1. The molecule has 1 atom stereocenters. The maximum Gasteiger partial charge on any atom is 0.227 e. The second-order valence-corrected chi connectivity index (χ2v) is 13.1. The predicted octanol–water partition coefficient (Wildman–Crippen LogP) is 11.4. The fourth-order valence-electron chi connectivity index (χ4n) is 7.34. The van der Waals surface area contributed by atoms with Gasteiger partial charge in [0.2, 0.25) is 5.89 Å². The molecule has 0 aliphatic carbocycles. The number of hydrogen-bond donors (Lipinski definition) is 1. The van der Waals surface area contributed by atoms with Crippen molar-refractivity contribution in [2.45, 2.75) is 6.04 Å². The molecule has 7 aromatic carbocycles. The van der Waals surface area contributed by atoms with Gasteiger partial charge >= 0.3 is 0 Å². The summed E-state index contributed by atoms with van der Waals surface area (Å²) < 4.78 is 8.80. The average molecular weight is 669 g/mol. The monoisotopic (exact) mass is 668 g/mol. The average Bonchev–Trinajstić information content (AvgIpc) is 3.82. The van der Waals surface area contributed by atoms with Crippen LogP contribution in [0.5, 0.6) is 0 Å². The number of oxazole rings is 1. The van der Waals surface area contributed by atoms with Crippen LogP contribution >= 0.6 is 0 Å². The van der Waals surface area contributed by atoms with Gasteiger partial charge in [0.25, 0.3) is 0 Å². The van der Waals surface area contributed by atoms with E-state index in [9.17, 15) is 0 Å². The minimum Gasteiger partial charge on any atom is -0.435 e. The second kappa shape index (κ2) is 12.4. The Bertz CT molecular complexity index is 2780. The lowest BCUT2D eigenvalue weighted by Crippen LogP contribution is -2.31. The van der Waals surface area contributed by atoms with Gasteiger partial charge in [-0.15, -0.1) is 0 Å². The Labute approximate surface area is 300 Å². The quantitative estimate of drug-likeness (QED) is 0.192. The summed E-state index contributed by atoms with van der Waals surface area (Å²) in [4.78, 5) is 10.0. The maximum absolute atomic E-state index is 6.49. The van der Waals surface area contributed by atoms with Gasteiger partial charge in [-0.3, -0.25) is 0 Å². The van der Waals surface area contributed by atoms with Crippen molar-refractivity contribution in [2.24, 2.45) is 4.99 Å². The zero-order valence-electron chi connectivity index (χ0n) is 28.1. The van der Waals surface area contributed by atoms with Crippen LogP contribution in [0.15, 0.2) is 191 Å². The highest BCUT2D eigenvalue weighted by atomic mass is 16.3. The molecule has 1 unspecified atom stereocenters. The van der Waals surface area contributed by atoms with E-state index in [2.05, 4.69) is 149 Å². The Kier molecular flexibility index (Phi) is 7.14. The molecule has 0 spiro atoms. The molecule has 246 valence electrons. The summed E-state index contributed by atoms with van der Waals surface area (Å²) >= 11 is 0. The fourth-order valence-corrected chi connectivity index (χ4v) is 7.34. The third-order valence-corrected chi connectivity index (χ3v) is 9.91. The molecular formula is C47H32N4O. The molecule has 0 bridgehead atoms. The number of nitrogens with one attached hydrogen (secondary N) is 1. The van der Waals surface area contributed by atoms with Gasteiger partial charge in [0.1, 0.15) is 11.4 Å². The number of rotatable bonds is 6. The van der Waals surface area contributed by atoms with Crippen molar-refractivity contribution >= 4 is 44.4 Å². The molecular weight excluding hydrogens is 637 g/mol. The van der Waals surface area contributed by atoms with Crippen molar-refractivity contribution in [1.82, 2.24) is 14.9 Å². The molecule has 2 aromatic heterocycles. The Hall–Kier alpha value is -6.98. The smallest absolute Gasteiger partial charge is 0.227 e. The molecule has 1 aliphatic rings. The van der Waals surface area contributed by atoms with E-state index < -0.39 is 0 Å². The largest absolute Gasteiger partial charge is 0.435 e. The van der Waals surface area contributed by atoms with E-state index in [1.807, 2.05) is 42.5 Å². The molecule has 1 N–H and O–H groups in total. The predicted molar refractivity (Wildman–Crippen MR) is 212 cm³/mol. The van der Waals surface area contributed by atoms with Crippen LogP contribution < -0.4 is 5.32 Å². The highest BCUT2D eigenvalue weighted by molar-refractivity contribution is 6.19. The van der Waals surface area contributed by atoms with Crippen LogP contribution in [0.1, 0.15) is 22.7 Å². The molecule has 52 heavy (non-hydrogen) atoms. The van der Waals surface area contributed by atoms with Crippen molar-refractivity contribution in [1.29, 1.82) is 0 Å². The van der Waals surface area contributed by atoms with Gasteiger partial charge in [0.15, 0.2) is 5.58 Å². The summed E-state index contributed by atoms with van der Waals surface area (Å²) in [6.07, 6.45) is 2.22. The first-order valence-corrected chi connectivity index (χ1v) is 17.5. The van der Waals surface area contributed by atoms with Gasteiger partial charge in [-0.2, -0.15) is 0 Å². The van der Waals surface area contributed by atoms with Crippen molar-refractivity contribution in [3.8, 4) is 28.3 Å². The van der Waals surface area contributed by atoms with Gasteiger partial charge in [0, 0.05) is 22.2 Å². The van der Waals surface area contributed by atoms with E-state index in [0.29, 0.717) is 5.89 Å². The molecule has 0 saturated carbocycles. The molecule has 5 heteroatoms. The molecule has 0 saturated heterocycles. The van der Waals surface area contributed by atoms with Crippen LogP contribution in [0, 0.1) is 0 Å². The van der Waals surface area contributed by atoms with Crippen LogP contribution in [-0.2, 0) is 0 Å². The summed E-state index contributed by atoms with van der Waals surface area (Å²) in [7, 11) is 0. The van der Waals surface area contributed by atoms with E-state index in [-0.39, 0.29) is 6.04 Å². The zero-order valence-corrected chi connectivity index (χ0v) is 28.1.